The number of nitrogens with zero attached hydrogens (tertiary/aromatic N) is 1. The summed E-state index contributed by atoms with van der Waals surface area (Å²) in [6.07, 6.45) is 1.76. The Hall–Kier alpha value is -0.720. The second-order valence-electron chi connectivity index (χ2n) is 2.90. The summed E-state index contributed by atoms with van der Waals surface area (Å²) in [7, 11) is 11.0. The molecule has 0 saturated carbocycles. The third-order valence-electron chi connectivity index (χ3n) is 1.64. The van der Waals surface area contributed by atoms with E-state index in [0.717, 1.165) is 5.56 Å². The smallest absolute Gasteiger partial charge is 0.140 e. The maximum absolute atomic E-state index is 5.57. The molecule has 0 aliphatic carbocycles. The fourth-order valence-corrected chi connectivity index (χ4v) is 0.825. The summed E-state index contributed by atoms with van der Waals surface area (Å²) >= 11 is 0. The van der Waals surface area contributed by atoms with E-state index < -0.39 is 0 Å². The van der Waals surface area contributed by atoms with Crippen LogP contribution < -0.4 is 11.1 Å². The molecule has 0 N–H and O–H groups in total. The Labute approximate surface area is 70.0 Å². The Morgan fingerprint density at radius 1 is 1.36 bits per heavy atom. The fourth-order valence-electron chi connectivity index (χ4n) is 0.825. The van der Waals surface area contributed by atoms with E-state index >= 15 is 0 Å². The van der Waals surface area contributed by atoms with Gasteiger partial charge >= 0.3 is 0 Å². The van der Waals surface area contributed by atoms with Crippen molar-refractivity contribution in [1.29, 1.82) is 0 Å². The van der Waals surface area contributed by atoms with E-state index in [2.05, 4.69) is 18.8 Å². The molecule has 0 aromatic carbocycles. The van der Waals surface area contributed by atoms with Gasteiger partial charge < -0.3 is 0 Å². The summed E-state index contributed by atoms with van der Waals surface area (Å²) in [4.78, 5) is 3.95. The maximum atomic E-state index is 5.57. The van der Waals surface area contributed by atoms with Gasteiger partial charge in [-0.25, -0.2) is 0 Å². The van der Waals surface area contributed by atoms with Crippen molar-refractivity contribution < 1.29 is 0 Å². The minimum Gasteiger partial charge on any atom is -0.273 e. The highest BCUT2D eigenvalue weighted by Crippen LogP contribution is 2.09. The number of aromatic nitrogens is 1. The molecule has 1 aromatic heterocycles. The number of hydrogen-bond donors (Lipinski definition) is 0. The van der Waals surface area contributed by atoms with Crippen LogP contribution in [0, 0.1) is 0 Å². The van der Waals surface area contributed by atoms with Crippen LogP contribution in [-0.2, 0) is 0 Å². The molecule has 0 bridgehead atoms. The molecular formula is C8H9B2N. The molecule has 4 radical (unpaired) electrons. The number of rotatable bonds is 1. The van der Waals surface area contributed by atoms with Gasteiger partial charge in [0, 0.05) is 6.20 Å². The van der Waals surface area contributed by atoms with Gasteiger partial charge in [0.25, 0.3) is 0 Å². The summed E-state index contributed by atoms with van der Waals surface area (Å²) in [5.41, 5.74) is 2.10. The van der Waals surface area contributed by atoms with Crippen LogP contribution in [-0.4, -0.2) is 20.7 Å². The largest absolute Gasteiger partial charge is 0.273 e. The summed E-state index contributed by atoms with van der Waals surface area (Å²) in [6.45, 7) is 4.18. The lowest BCUT2D eigenvalue weighted by Crippen LogP contribution is -2.29. The van der Waals surface area contributed by atoms with Crippen molar-refractivity contribution in [2.75, 3.05) is 0 Å². The Kier molecular flexibility index (Phi) is 2.38. The predicted molar refractivity (Wildman–Crippen MR) is 49.1 cm³/mol. The first-order valence-electron chi connectivity index (χ1n) is 3.62. The zero-order valence-electron chi connectivity index (χ0n) is 6.83. The second kappa shape index (κ2) is 3.12. The Morgan fingerprint density at radius 3 is 2.45 bits per heavy atom. The maximum Gasteiger partial charge on any atom is 0.140 e. The standard InChI is InChI=1S/C8H9B2N/c1-5(2)6-3-7(9)8(10)11-4-6/h3-5H,1-2H3. The third-order valence-corrected chi connectivity index (χ3v) is 1.64. The zero-order chi connectivity index (χ0) is 8.43. The highest BCUT2D eigenvalue weighted by atomic mass is 14.6. The molecule has 3 heteroatoms. The summed E-state index contributed by atoms with van der Waals surface area (Å²) in [6, 6.07) is 1.87. The van der Waals surface area contributed by atoms with Crippen LogP contribution in [0.25, 0.3) is 0 Å². The van der Waals surface area contributed by atoms with Crippen molar-refractivity contribution in [2.24, 2.45) is 0 Å². The van der Waals surface area contributed by atoms with Gasteiger partial charge in [-0.2, -0.15) is 0 Å². The lowest BCUT2D eigenvalue weighted by Gasteiger charge is -2.07. The highest BCUT2D eigenvalue weighted by molar-refractivity contribution is 6.47. The van der Waals surface area contributed by atoms with Gasteiger partial charge in [0.05, 0.1) is 0 Å². The summed E-state index contributed by atoms with van der Waals surface area (Å²) in [5, 5.41) is 0. The second-order valence-corrected chi connectivity index (χ2v) is 2.90. The van der Waals surface area contributed by atoms with E-state index in [-0.39, 0.29) is 0 Å². The Bertz CT molecular complexity index is 258. The quantitative estimate of drug-likeness (QED) is 0.493. The van der Waals surface area contributed by atoms with E-state index in [1.54, 1.807) is 6.20 Å². The summed E-state index contributed by atoms with van der Waals surface area (Å²) in [5.74, 6) is 0.449. The van der Waals surface area contributed by atoms with Crippen LogP contribution in [0.3, 0.4) is 0 Å². The average Bonchev–Trinajstić information content (AvgIpc) is 1.94. The molecule has 0 saturated heterocycles. The zero-order valence-corrected chi connectivity index (χ0v) is 6.83. The van der Waals surface area contributed by atoms with Crippen molar-refractivity contribution in [2.45, 2.75) is 19.8 Å². The van der Waals surface area contributed by atoms with Gasteiger partial charge in [-0.05, 0) is 17.1 Å². The molecule has 1 heterocycles. The van der Waals surface area contributed by atoms with Crippen LogP contribution in [0.2, 0.25) is 0 Å². The normalized spacial score (nSPS) is 10.5. The van der Waals surface area contributed by atoms with E-state index in [4.69, 9.17) is 15.7 Å². The lowest BCUT2D eigenvalue weighted by molar-refractivity contribution is 0.861. The van der Waals surface area contributed by atoms with E-state index in [0.29, 0.717) is 17.0 Å². The molecule has 0 aliphatic rings. The topological polar surface area (TPSA) is 12.9 Å². The van der Waals surface area contributed by atoms with Crippen LogP contribution in [0.1, 0.15) is 25.3 Å². The molecule has 0 fully saturated rings. The number of hydrogen-bond acceptors (Lipinski definition) is 1. The number of pyridine rings is 1. The van der Waals surface area contributed by atoms with Crippen molar-refractivity contribution in [1.82, 2.24) is 4.98 Å². The Balaban J connectivity index is 3.05. The molecule has 0 amide bonds. The third kappa shape index (κ3) is 1.86. The van der Waals surface area contributed by atoms with Gasteiger partial charge in [-0.15, -0.1) is 0 Å². The lowest BCUT2D eigenvalue weighted by atomic mass is 9.83. The molecule has 0 spiro atoms. The van der Waals surface area contributed by atoms with Gasteiger partial charge in [0.1, 0.15) is 15.7 Å². The first-order valence-corrected chi connectivity index (χ1v) is 3.62. The van der Waals surface area contributed by atoms with Crippen LogP contribution in [0.4, 0.5) is 0 Å². The molecule has 1 rings (SSSR count). The average molecular weight is 141 g/mol. The molecule has 11 heavy (non-hydrogen) atoms. The van der Waals surface area contributed by atoms with Gasteiger partial charge in [0.2, 0.25) is 0 Å². The van der Waals surface area contributed by atoms with Crippen molar-refractivity contribution in [3.63, 3.8) is 0 Å². The molecule has 1 nitrogen and oxygen atoms in total. The van der Waals surface area contributed by atoms with E-state index in [9.17, 15) is 0 Å². The van der Waals surface area contributed by atoms with Crippen molar-refractivity contribution >= 4 is 26.7 Å². The summed E-state index contributed by atoms with van der Waals surface area (Å²) < 4.78 is 0. The molecule has 1 aromatic rings. The van der Waals surface area contributed by atoms with E-state index in [1.807, 2.05) is 6.07 Å². The van der Waals surface area contributed by atoms with Crippen LogP contribution >= 0.6 is 0 Å². The van der Waals surface area contributed by atoms with Gasteiger partial charge in [0.15, 0.2) is 0 Å². The fraction of sp³-hybridized carbons (Fsp3) is 0.375. The van der Waals surface area contributed by atoms with Gasteiger partial charge in [-0.1, -0.05) is 25.4 Å². The van der Waals surface area contributed by atoms with Crippen molar-refractivity contribution in [3.05, 3.63) is 17.8 Å². The first-order chi connectivity index (χ1) is 5.11. The SMILES string of the molecule is [B]c1cc(C(C)C)cnc1[B]. The molecule has 0 atom stereocenters. The van der Waals surface area contributed by atoms with Crippen molar-refractivity contribution in [3.8, 4) is 0 Å². The highest BCUT2D eigenvalue weighted by Gasteiger charge is 1.99. The minimum atomic E-state index is 0.411. The monoisotopic (exact) mass is 141 g/mol. The van der Waals surface area contributed by atoms with Crippen LogP contribution in [0.15, 0.2) is 12.3 Å². The predicted octanol–water partition coefficient (Wildman–Crippen LogP) is -0.207. The molecule has 0 aliphatic heterocycles. The van der Waals surface area contributed by atoms with Gasteiger partial charge in [-0.3, -0.25) is 4.98 Å². The minimum absolute atomic E-state index is 0.411. The van der Waals surface area contributed by atoms with Crippen LogP contribution in [0.5, 0.6) is 0 Å². The van der Waals surface area contributed by atoms with E-state index in [1.165, 1.54) is 0 Å². The molecule has 0 unspecified atom stereocenters. The Morgan fingerprint density at radius 2 is 2.00 bits per heavy atom. The first kappa shape index (κ1) is 8.38. The molecular weight excluding hydrogens is 132 g/mol. The molecule has 52 valence electrons.